The summed E-state index contributed by atoms with van der Waals surface area (Å²) in [5, 5.41) is 0. The molecule has 1 atom stereocenters. The highest BCUT2D eigenvalue weighted by atomic mass is 16.5. The molecule has 0 aromatic rings. The highest BCUT2D eigenvalue weighted by Gasteiger charge is 2.35. The summed E-state index contributed by atoms with van der Waals surface area (Å²) in [4.78, 5) is 13.7. The Labute approximate surface area is 96.9 Å². The lowest BCUT2D eigenvalue weighted by atomic mass is 9.81. The van der Waals surface area contributed by atoms with Crippen molar-refractivity contribution < 1.29 is 14.3 Å². The molecule has 1 unspecified atom stereocenters. The predicted molar refractivity (Wildman–Crippen MR) is 60.4 cm³/mol. The second kappa shape index (κ2) is 5.25. The summed E-state index contributed by atoms with van der Waals surface area (Å²) in [6.07, 6.45) is 3.16. The second-order valence-corrected chi connectivity index (χ2v) is 5.01. The van der Waals surface area contributed by atoms with Gasteiger partial charge in [0.05, 0.1) is 12.7 Å². The molecule has 92 valence electrons. The summed E-state index contributed by atoms with van der Waals surface area (Å²) in [5.41, 5.74) is -0.171. The molecule has 2 aliphatic heterocycles. The summed E-state index contributed by atoms with van der Waals surface area (Å²) >= 11 is 0. The standard InChI is InChI=1S/C12H21NO3/c1-11-8-13(4-7-16-11)9-12(10-14)2-5-15-6-3-12/h10-11H,2-9H2,1H3. The van der Waals surface area contributed by atoms with Crippen LogP contribution in [0.5, 0.6) is 0 Å². The van der Waals surface area contributed by atoms with Crippen LogP contribution < -0.4 is 0 Å². The molecule has 2 fully saturated rings. The van der Waals surface area contributed by atoms with E-state index < -0.39 is 0 Å². The lowest BCUT2D eigenvalue weighted by Gasteiger charge is -2.39. The highest BCUT2D eigenvalue weighted by Crippen LogP contribution is 2.29. The molecular weight excluding hydrogens is 206 g/mol. The number of carbonyl (C=O) groups is 1. The molecule has 0 radical (unpaired) electrons. The van der Waals surface area contributed by atoms with Crippen LogP contribution in [0.2, 0.25) is 0 Å². The van der Waals surface area contributed by atoms with Gasteiger partial charge in [0.2, 0.25) is 0 Å². The van der Waals surface area contributed by atoms with Gasteiger partial charge in [-0.1, -0.05) is 0 Å². The van der Waals surface area contributed by atoms with Crippen LogP contribution in [-0.4, -0.2) is 56.7 Å². The molecule has 2 heterocycles. The number of aldehydes is 1. The molecule has 0 bridgehead atoms. The zero-order valence-corrected chi connectivity index (χ0v) is 9.98. The largest absolute Gasteiger partial charge is 0.381 e. The van der Waals surface area contributed by atoms with Gasteiger partial charge in [-0.05, 0) is 19.8 Å². The second-order valence-electron chi connectivity index (χ2n) is 5.01. The average molecular weight is 227 g/mol. The molecular formula is C12H21NO3. The van der Waals surface area contributed by atoms with E-state index in [1.165, 1.54) is 0 Å². The van der Waals surface area contributed by atoms with Gasteiger partial charge in [-0.15, -0.1) is 0 Å². The van der Waals surface area contributed by atoms with E-state index in [0.29, 0.717) is 0 Å². The first-order valence-corrected chi connectivity index (χ1v) is 6.12. The molecule has 0 N–H and O–H groups in total. The SMILES string of the molecule is CC1CN(CC2(C=O)CCOCC2)CCO1. The van der Waals surface area contributed by atoms with E-state index in [1.807, 2.05) is 0 Å². The molecule has 2 aliphatic rings. The number of rotatable bonds is 3. The van der Waals surface area contributed by atoms with E-state index in [1.54, 1.807) is 0 Å². The molecule has 16 heavy (non-hydrogen) atoms. The molecule has 0 spiro atoms. The first-order valence-electron chi connectivity index (χ1n) is 6.12. The third-order valence-corrected chi connectivity index (χ3v) is 3.60. The van der Waals surface area contributed by atoms with Gasteiger partial charge in [0, 0.05) is 38.3 Å². The van der Waals surface area contributed by atoms with Crippen molar-refractivity contribution in [2.24, 2.45) is 5.41 Å². The fraction of sp³-hybridized carbons (Fsp3) is 0.917. The molecule has 2 saturated heterocycles. The maximum absolute atomic E-state index is 11.3. The van der Waals surface area contributed by atoms with Crippen LogP contribution in [0.25, 0.3) is 0 Å². The lowest BCUT2D eigenvalue weighted by Crippen LogP contribution is -2.48. The summed E-state index contributed by atoms with van der Waals surface area (Å²) in [6, 6.07) is 0. The van der Waals surface area contributed by atoms with Gasteiger partial charge in [0.25, 0.3) is 0 Å². The van der Waals surface area contributed by atoms with Crippen LogP contribution in [0.15, 0.2) is 0 Å². The van der Waals surface area contributed by atoms with Crippen LogP contribution in [0.3, 0.4) is 0 Å². The minimum atomic E-state index is -0.171. The van der Waals surface area contributed by atoms with Crippen LogP contribution in [-0.2, 0) is 14.3 Å². The van der Waals surface area contributed by atoms with Gasteiger partial charge < -0.3 is 14.3 Å². The van der Waals surface area contributed by atoms with E-state index in [4.69, 9.17) is 9.47 Å². The smallest absolute Gasteiger partial charge is 0.127 e. The molecule has 0 amide bonds. The number of carbonyl (C=O) groups excluding carboxylic acids is 1. The zero-order valence-electron chi connectivity index (χ0n) is 9.98. The number of hydrogen-bond donors (Lipinski definition) is 0. The maximum Gasteiger partial charge on any atom is 0.127 e. The highest BCUT2D eigenvalue weighted by molar-refractivity contribution is 5.60. The summed E-state index contributed by atoms with van der Waals surface area (Å²) in [7, 11) is 0. The van der Waals surface area contributed by atoms with Gasteiger partial charge in [-0.2, -0.15) is 0 Å². The molecule has 2 rings (SSSR count). The Kier molecular flexibility index (Phi) is 3.95. The van der Waals surface area contributed by atoms with Crippen molar-refractivity contribution in [3.63, 3.8) is 0 Å². The molecule has 0 aromatic carbocycles. The third kappa shape index (κ3) is 2.81. The molecule has 0 aliphatic carbocycles. The Balaban J connectivity index is 1.92. The Hall–Kier alpha value is -0.450. The molecule has 0 aromatic heterocycles. The first kappa shape index (κ1) is 12.0. The minimum Gasteiger partial charge on any atom is -0.381 e. The third-order valence-electron chi connectivity index (χ3n) is 3.60. The van der Waals surface area contributed by atoms with Crippen molar-refractivity contribution in [2.75, 3.05) is 39.5 Å². The Morgan fingerprint density at radius 3 is 2.75 bits per heavy atom. The molecule has 4 heteroatoms. The maximum atomic E-state index is 11.3. The molecule has 4 nitrogen and oxygen atoms in total. The van der Waals surface area contributed by atoms with E-state index in [9.17, 15) is 4.79 Å². The normalized spacial score (nSPS) is 31.2. The first-order chi connectivity index (χ1) is 7.74. The fourth-order valence-electron chi connectivity index (χ4n) is 2.57. The van der Waals surface area contributed by atoms with Gasteiger partial charge in [-0.3, -0.25) is 4.90 Å². The quantitative estimate of drug-likeness (QED) is 0.665. The van der Waals surface area contributed by atoms with Gasteiger partial charge in [0.15, 0.2) is 0 Å². The number of ether oxygens (including phenoxy) is 2. The van der Waals surface area contributed by atoms with Gasteiger partial charge >= 0.3 is 0 Å². The number of nitrogens with zero attached hydrogens (tertiary/aromatic N) is 1. The van der Waals surface area contributed by atoms with Crippen LogP contribution in [0, 0.1) is 5.41 Å². The van der Waals surface area contributed by atoms with Crippen LogP contribution >= 0.6 is 0 Å². The molecule has 0 saturated carbocycles. The van der Waals surface area contributed by atoms with E-state index >= 15 is 0 Å². The van der Waals surface area contributed by atoms with E-state index in [0.717, 1.165) is 58.6 Å². The van der Waals surface area contributed by atoms with Crippen molar-refractivity contribution in [2.45, 2.75) is 25.9 Å². The van der Waals surface area contributed by atoms with Crippen molar-refractivity contribution in [1.82, 2.24) is 4.90 Å². The van der Waals surface area contributed by atoms with Crippen LogP contribution in [0.1, 0.15) is 19.8 Å². The minimum absolute atomic E-state index is 0.171. The van der Waals surface area contributed by atoms with Gasteiger partial charge in [0.1, 0.15) is 6.29 Å². The number of hydrogen-bond acceptors (Lipinski definition) is 4. The average Bonchev–Trinajstić information content (AvgIpc) is 2.30. The Morgan fingerprint density at radius 2 is 2.12 bits per heavy atom. The zero-order chi connectivity index (χ0) is 11.4. The van der Waals surface area contributed by atoms with Crippen molar-refractivity contribution >= 4 is 6.29 Å². The topological polar surface area (TPSA) is 38.8 Å². The summed E-state index contributed by atoms with van der Waals surface area (Å²) in [6.45, 7) is 7.07. The van der Waals surface area contributed by atoms with Crippen molar-refractivity contribution in [3.05, 3.63) is 0 Å². The predicted octanol–water partition coefficient (Wildman–Crippen LogP) is 0.703. The number of morpholine rings is 1. The summed E-state index contributed by atoms with van der Waals surface area (Å²) < 4.78 is 10.8. The Bertz CT molecular complexity index is 238. The lowest BCUT2D eigenvalue weighted by molar-refractivity contribution is -0.125. The summed E-state index contributed by atoms with van der Waals surface area (Å²) in [5.74, 6) is 0. The van der Waals surface area contributed by atoms with Crippen LogP contribution in [0.4, 0.5) is 0 Å². The fourth-order valence-corrected chi connectivity index (χ4v) is 2.57. The van der Waals surface area contributed by atoms with E-state index in [2.05, 4.69) is 11.8 Å². The van der Waals surface area contributed by atoms with Gasteiger partial charge in [-0.25, -0.2) is 0 Å². The Morgan fingerprint density at radius 1 is 1.38 bits per heavy atom. The van der Waals surface area contributed by atoms with Crippen molar-refractivity contribution in [3.8, 4) is 0 Å². The van der Waals surface area contributed by atoms with E-state index in [-0.39, 0.29) is 11.5 Å². The van der Waals surface area contributed by atoms with Crippen molar-refractivity contribution in [1.29, 1.82) is 0 Å². The monoisotopic (exact) mass is 227 g/mol.